The summed E-state index contributed by atoms with van der Waals surface area (Å²) < 4.78 is 13.8. The molecule has 0 bridgehead atoms. The van der Waals surface area contributed by atoms with Crippen molar-refractivity contribution in [1.29, 1.82) is 0 Å². The number of hydrogen-bond acceptors (Lipinski definition) is 3. The quantitative estimate of drug-likeness (QED) is 0.272. The number of hydrogen-bond donors (Lipinski definition) is 0. The number of anilines is 1. The summed E-state index contributed by atoms with van der Waals surface area (Å²) in [6.07, 6.45) is 1.49. The SMILES string of the molecule is C=CC[C@H](C)C(=O)N1c2ccccc2CO[C@H]1[C@H](C)O[Si](c1ccccc1)(c1ccccc1)C(C)(C)C. The lowest BCUT2D eigenvalue weighted by Crippen LogP contribution is -2.69. The topological polar surface area (TPSA) is 38.8 Å². The molecule has 0 unspecified atom stereocenters. The van der Waals surface area contributed by atoms with Gasteiger partial charge >= 0.3 is 0 Å². The highest BCUT2D eigenvalue weighted by Crippen LogP contribution is 2.40. The first-order valence-corrected chi connectivity index (χ1v) is 15.0. The van der Waals surface area contributed by atoms with E-state index in [1.807, 2.05) is 48.2 Å². The number of allylic oxidation sites excluding steroid dienone is 1. The lowest BCUT2D eigenvalue weighted by Gasteiger charge is -2.48. The maximum atomic E-state index is 13.8. The molecule has 3 atom stereocenters. The van der Waals surface area contributed by atoms with Crippen LogP contribution in [0.1, 0.15) is 46.6 Å². The molecule has 0 aliphatic carbocycles. The van der Waals surface area contributed by atoms with Crippen molar-refractivity contribution in [2.24, 2.45) is 5.92 Å². The molecule has 0 radical (unpaired) electrons. The third-order valence-electron chi connectivity index (χ3n) is 7.28. The zero-order chi connectivity index (χ0) is 26.6. The molecule has 1 aliphatic rings. The fourth-order valence-electron chi connectivity index (χ4n) is 5.46. The monoisotopic (exact) mass is 513 g/mol. The first-order chi connectivity index (χ1) is 17.7. The summed E-state index contributed by atoms with van der Waals surface area (Å²) in [5.41, 5.74) is 1.91. The number of nitrogens with zero attached hydrogens (tertiary/aromatic N) is 1. The lowest BCUT2D eigenvalue weighted by atomic mass is 10.0. The molecular formula is C32H39NO3Si. The highest BCUT2D eigenvalue weighted by molar-refractivity contribution is 6.99. The molecule has 4 rings (SSSR count). The molecule has 3 aromatic rings. The fourth-order valence-corrected chi connectivity index (χ4v) is 10.1. The standard InChI is InChI=1S/C32H39NO3Si/c1-7-16-24(2)30(34)33-29-22-15-14-17-26(29)23-35-31(33)25(3)36-37(32(4,5)6,27-18-10-8-11-19-27)28-20-12-9-13-21-28/h7-15,17-22,24-25,31H,1,16,23H2,2-6H3/t24-,25-,31-/m0/s1. The number of rotatable bonds is 8. The van der Waals surface area contributed by atoms with Crippen LogP contribution in [0.15, 0.2) is 97.6 Å². The summed E-state index contributed by atoms with van der Waals surface area (Å²) >= 11 is 0. The van der Waals surface area contributed by atoms with Gasteiger partial charge < -0.3 is 9.16 Å². The maximum absolute atomic E-state index is 13.8. The molecular weight excluding hydrogens is 474 g/mol. The molecule has 3 aromatic carbocycles. The number of para-hydroxylation sites is 1. The van der Waals surface area contributed by atoms with E-state index >= 15 is 0 Å². The van der Waals surface area contributed by atoms with E-state index in [1.54, 1.807) is 6.08 Å². The molecule has 1 aliphatic heterocycles. The lowest BCUT2D eigenvalue weighted by molar-refractivity contribution is -0.128. The van der Waals surface area contributed by atoms with Crippen LogP contribution in [-0.4, -0.2) is 26.6 Å². The average Bonchev–Trinajstić information content (AvgIpc) is 2.91. The highest BCUT2D eigenvalue weighted by atomic mass is 28.4. The van der Waals surface area contributed by atoms with Gasteiger partial charge in [-0.3, -0.25) is 9.69 Å². The molecule has 4 nitrogen and oxygen atoms in total. The maximum Gasteiger partial charge on any atom is 0.261 e. The Balaban J connectivity index is 1.81. The Morgan fingerprint density at radius 3 is 2.08 bits per heavy atom. The smallest absolute Gasteiger partial charge is 0.261 e. The molecule has 1 heterocycles. The van der Waals surface area contributed by atoms with Crippen LogP contribution in [0.5, 0.6) is 0 Å². The van der Waals surface area contributed by atoms with E-state index in [0.29, 0.717) is 13.0 Å². The molecule has 1 amide bonds. The van der Waals surface area contributed by atoms with E-state index in [9.17, 15) is 4.79 Å². The van der Waals surface area contributed by atoms with Crippen LogP contribution in [0.2, 0.25) is 5.04 Å². The van der Waals surface area contributed by atoms with Crippen molar-refractivity contribution in [3.05, 3.63) is 103 Å². The number of carbonyl (C=O) groups excluding carboxylic acids is 1. The molecule has 0 saturated carbocycles. The van der Waals surface area contributed by atoms with Crippen molar-refractivity contribution < 1.29 is 14.0 Å². The molecule has 37 heavy (non-hydrogen) atoms. The van der Waals surface area contributed by atoms with Crippen LogP contribution in [0, 0.1) is 5.92 Å². The Labute approximate surface area is 223 Å². The third kappa shape index (κ3) is 5.22. The van der Waals surface area contributed by atoms with E-state index in [1.165, 1.54) is 10.4 Å². The van der Waals surface area contributed by atoms with E-state index in [0.717, 1.165) is 11.3 Å². The van der Waals surface area contributed by atoms with Gasteiger partial charge in [-0.1, -0.05) is 113 Å². The molecule has 0 fully saturated rings. The third-order valence-corrected chi connectivity index (χ3v) is 12.4. The van der Waals surface area contributed by atoms with Gasteiger partial charge in [0.15, 0.2) is 6.23 Å². The Bertz CT molecular complexity index is 1170. The van der Waals surface area contributed by atoms with Crippen molar-refractivity contribution in [2.45, 2.75) is 65.0 Å². The number of amides is 1. The van der Waals surface area contributed by atoms with Crippen LogP contribution in [0.4, 0.5) is 5.69 Å². The van der Waals surface area contributed by atoms with Crippen molar-refractivity contribution in [1.82, 2.24) is 0 Å². The average molecular weight is 514 g/mol. The van der Waals surface area contributed by atoms with Gasteiger partial charge in [0, 0.05) is 11.5 Å². The summed E-state index contributed by atoms with van der Waals surface area (Å²) in [5, 5.41) is 2.23. The Morgan fingerprint density at radius 1 is 1.00 bits per heavy atom. The second-order valence-corrected chi connectivity index (χ2v) is 15.2. The van der Waals surface area contributed by atoms with Crippen molar-refractivity contribution in [3.8, 4) is 0 Å². The van der Waals surface area contributed by atoms with Crippen molar-refractivity contribution in [3.63, 3.8) is 0 Å². The van der Waals surface area contributed by atoms with Gasteiger partial charge in [0.1, 0.15) is 0 Å². The minimum Gasteiger partial charge on any atom is -0.400 e. The van der Waals surface area contributed by atoms with Crippen molar-refractivity contribution >= 4 is 30.3 Å². The van der Waals surface area contributed by atoms with E-state index < -0.39 is 14.5 Å². The Hall–Kier alpha value is -2.99. The van der Waals surface area contributed by atoms with Crippen LogP contribution < -0.4 is 15.3 Å². The number of fused-ring (bicyclic) bond motifs is 1. The minimum absolute atomic E-state index is 0.0231. The van der Waals surface area contributed by atoms with Crippen LogP contribution in [-0.2, 0) is 20.6 Å². The van der Waals surface area contributed by atoms with Gasteiger partial charge in [0.05, 0.1) is 18.4 Å². The van der Waals surface area contributed by atoms with Gasteiger partial charge in [-0.2, -0.15) is 0 Å². The summed E-state index contributed by atoms with van der Waals surface area (Å²) in [4.78, 5) is 15.7. The Morgan fingerprint density at radius 2 is 1.54 bits per heavy atom. The molecule has 0 saturated heterocycles. The minimum atomic E-state index is -2.83. The summed E-state index contributed by atoms with van der Waals surface area (Å²) in [6, 6.07) is 29.2. The van der Waals surface area contributed by atoms with Gasteiger partial charge in [-0.15, -0.1) is 6.58 Å². The second kappa shape index (κ2) is 11.2. The van der Waals surface area contributed by atoms with Gasteiger partial charge in [-0.25, -0.2) is 0 Å². The van der Waals surface area contributed by atoms with Crippen molar-refractivity contribution in [2.75, 3.05) is 4.90 Å². The number of ether oxygens (including phenoxy) is 1. The molecule has 5 heteroatoms. The second-order valence-electron chi connectivity index (χ2n) is 11.0. The van der Waals surface area contributed by atoms with Crippen LogP contribution in [0.3, 0.4) is 0 Å². The summed E-state index contributed by atoms with van der Waals surface area (Å²) in [7, 11) is -2.83. The van der Waals surface area contributed by atoms with Gasteiger partial charge in [0.25, 0.3) is 8.32 Å². The van der Waals surface area contributed by atoms with Gasteiger partial charge in [-0.05, 0) is 34.8 Å². The molecule has 0 spiro atoms. The van der Waals surface area contributed by atoms with Gasteiger partial charge in [0.2, 0.25) is 5.91 Å². The first kappa shape index (κ1) is 27.1. The predicted molar refractivity (Wildman–Crippen MR) is 155 cm³/mol. The largest absolute Gasteiger partial charge is 0.400 e. The zero-order valence-electron chi connectivity index (χ0n) is 22.7. The number of carbonyl (C=O) groups is 1. The Kier molecular flexibility index (Phi) is 8.17. The normalized spacial score (nSPS) is 17.5. The molecule has 0 N–H and O–H groups in total. The van der Waals surface area contributed by atoms with E-state index in [-0.39, 0.29) is 23.0 Å². The summed E-state index contributed by atoms with van der Waals surface area (Å²) in [6.45, 7) is 15.1. The first-order valence-electron chi connectivity index (χ1n) is 13.1. The predicted octanol–water partition coefficient (Wildman–Crippen LogP) is 6.05. The van der Waals surface area contributed by atoms with Crippen LogP contribution >= 0.6 is 0 Å². The zero-order valence-corrected chi connectivity index (χ0v) is 23.7. The highest BCUT2D eigenvalue weighted by Gasteiger charge is 2.52. The number of benzene rings is 3. The summed E-state index contributed by atoms with van der Waals surface area (Å²) in [5.74, 6) is -0.190. The van der Waals surface area contributed by atoms with E-state index in [2.05, 4.69) is 82.8 Å². The molecule has 0 aromatic heterocycles. The molecule has 194 valence electrons. The fraction of sp³-hybridized carbons (Fsp3) is 0.344. The van der Waals surface area contributed by atoms with E-state index in [4.69, 9.17) is 9.16 Å². The van der Waals surface area contributed by atoms with Crippen LogP contribution in [0.25, 0.3) is 0 Å².